The number of hydrogen-bond acceptors (Lipinski definition) is 3. The number of methoxy groups -OCH3 is 1. The van der Waals surface area contributed by atoms with E-state index < -0.39 is 6.04 Å². The van der Waals surface area contributed by atoms with Crippen molar-refractivity contribution in [3.63, 3.8) is 0 Å². The van der Waals surface area contributed by atoms with Crippen LogP contribution in [0.4, 0.5) is 0 Å². The predicted octanol–water partition coefficient (Wildman–Crippen LogP) is 2.98. The van der Waals surface area contributed by atoms with Gasteiger partial charge in [0.15, 0.2) is 0 Å². The van der Waals surface area contributed by atoms with Gasteiger partial charge in [0.2, 0.25) is 11.8 Å². The molecule has 2 N–H and O–H groups in total. The number of nitrogens with one attached hydrogen (secondary N) is 2. The lowest BCUT2D eigenvalue weighted by Crippen LogP contribution is -2.46. The molecule has 5 heteroatoms. The first-order valence-electron chi connectivity index (χ1n) is 8.62. The maximum atomic E-state index is 12.5. The van der Waals surface area contributed by atoms with Crippen LogP contribution in [0.5, 0.6) is 5.75 Å². The number of rotatable bonds is 7. The van der Waals surface area contributed by atoms with E-state index in [1.807, 2.05) is 50.2 Å². The molecule has 0 bridgehead atoms. The summed E-state index contributed by atoms with van der Waals surface area (Å²) in [5.74, 6) is 0.144. The van der Waals surface area contributed by atoms with Gasteiger partial charge in [-0.2, -0.15) is 0 Å². The smallest absolute Gasteiger partial charge is 0.242 e. The highest BCUT2D eigenvalue weighted by molar-refractivity contribution is 5.91. The molecule has 0 aliphatic heterocycles. The Morgan fingerprint density at radius 2 is 1.72 bits per heavy atom. The molecule has 2 rings (SSSR count). The Morgan fingerprint density at radius 3 is 2.40 bits per heavy atom. The first-order valence-corrected chi connectivity index (χ1v) is 8.62. The van der Waals surface area contributed by atoms with Crippen molar-refractivity contribution in [3.8, 4) is 5.75 Å². The summed E-state index contributed by atoms with van der Waals surface area (Å²) in [6.45, 7) is 6.14. The van der Waals surface area contributed by atoms with Crippen LogP contribution in [0.15, 0.2) is 36.4 Å². The van der Waals surface area contributed by atoms with E-state index in [0.29, 0.717) is 6.54 Å². The second kappa shape index (κ2) is 8.51. The summed E-state index contributed by atoms with van der Waals surface area (Å²) >= 11 is 0. The molecule has 0 aliphatic carbocycles. The number of ether oxygens (including phenoxy) is 1. The molecule has 2 aromatic rings. The van der Waals surface area contributed by atoms with Gasteiger partial charge in [0.25, 0.3) is 0 Å². The highest BCUT2D eigenvalue weighted by atomic mass is 16.5. The van der Waals surface area contributed by atoms with Gasteiger partial charge in [-0.05, 0) is 48.7 Å². The Bertz CT molecular complexity index is 758. The molecule has 0 unspecified atom stereocenters. The fourth-order valence-electron chi connectivity index (χ4n) is 2.60. The average Bonchev–Trinajstić information content (AvgIpc) is 2.64. The number of amides is 2. The number of carbonyl (C=O) groups excluding carboxylic acids is 2. The Kier molecular flexibility index (Phi) is 6.39. The van der Waals surface area contributed by atoms with Crippen molar-refractivity contribution in [2.24, 2.45) is 0 Å². The molecule has 0 radical (unpaired) electrons. The molecular weight excluding hydrogens is 316 g/mol. The van der Waals surface area contributed by atoms with E-state index in [2.05, 4.69) is 10.6 Å². The molecule has 0 saturated carbocycles. The Balaban J connectivity index is 2.08. The van der Waals surface area contributed by atoms with Crippen LogP contribution in [-0.2, 0) is 9.59 Å². The third-order valence-corrected chi connectivity index (χ3v) is 4.27. The zero-order valence-corrected chi connectivity index (χ0v) is 15.3. The predicted molar refractivity (Wildman–Crippen MR) is 99.8 cm³/mol. The maximum Gasteiger partial charge on any atom is 0.242 e. The first kappa shape index (κ1) is 18.8. The molecule has 5 nitrogen and oxygen atoms in total. The van der Waals surface area contributed by atoms with E-state index in [4.69, 9.17) is 4.74 Å². The maximum absolute atomic E-state index is 12.5. The zero-order valence-electron chi connectivity index (χ0n) is 15.3. The summed E-state index contributed by atoms with van der Waals surface area (Å²) < 4.78 is 5.23. The fourth-order valence-corrected chi connectivity index (χ4v) is 2.60. The second-order valence-corrected chi connectivity index (χ2v) is 6.22. The molecule has 2 atom stereocenters. The normalized spacial score (nSPS) is 13.1. The van der Waals surface area contributed by atoms with Gasteiger partial charge in [0.05, 0.1) is 13.0 Å². The van der Waals surface area contributed by atoms with Gasteiger partial charge in [-0.1, -0.05) is 31.2 Å². The highest BCUT2D eigenvalue weighted by Crippen LogP contribution is 2.25. The molecule has 134 valence electrons. The minimum absolute atomic E-state index is 0.159. The third kappa shape index (κ3) is 4.72. The molecule has 2 aromatic carbocycles. The molecule has 0 aromatic heterocycles. The number of carbonyl (C=O) groups is 2. The number of benzene rings is 2. The molecular formula is C20H26N2O3. The van der Waals surface area contributed by atoms with Crippen molar-refractivity contribution in [3.05, 3.63) is 42.0 Å². The van der Waals surface area contributed by atoms with Crippen LogP contribution < -0.4 is 15.4 Å². The molecule has 0 heterocycles. The fraction of sp³-hybridized carbons (Fsp3) is 0.400. The van der Waals surface area contributed by atoms with E-state index in [1.165, 1.54) is 0 Å². The monoisotopic (exact) mass is 342 g/mol. The second-order valence-electron chi connectivity index (χ2n) is 6.22. The third-order valence-electron chi connectivity index (χ3n) is 4.27. The SMILES string of the molecule is CCCNC(=O)[C@@H](C)NC(=O)[C@@H](C)c1ccc2cc(OC)ccc2c1. The summed E-state index contributed by atoms with van der Waals surface area (Å²) in [5.41, 5.74) is 0.913. The van der Waals surface area contributed by atoms with Crippen LogP contribution in [0.2, 0.25) is 0 Å². The van der Waals surface area contributed by atoms with E-state index in [9.17, 15) is 9.59 Å². The summed E-state index contributed by atoms with van der Waals surface area (Å²) in [7, 11) is 1.64. The lowest BCUT2D eigenvalue weighted by atomic mass is 9.96. The van der Waals surface area contributed by atoms with Gasteiger partial charge in [0, 0.05) is 6.54 Å². The quantitative estimate of drug-likeness (QED) is 0.813. The van der Waals surface area contributed by atoms with Crippen LogP contribution in [0.3, 0.4) is 0 Å². The van der Waals surface area contributed by atoms with Crippen LogP contribution in [0.25, 0.3) is 10.8 Å². The molecule has 0 fully saturated rings. The van der Waals surface area contributed by atoms with Crippen molar-refractivity contribution < 1.29 is 14.3 Å². The van der Waals surface area contributed by atoms with E-state index >= 15 is 0 Å². The number of hydrogen-bond donors (Lipinski definition) is 2. The van der Waals surface area contributed by atoms with Gasteiger partial charge >= 0.3 is 0 Å². The highest BCUT2D eigenvalue weighted by Gasteiger charge is 2.20. The van der Waals surface area contributed by atoms with Crippen molar-refractivity contribution in [2.75, 3.05) is 13.7 Å². The minimum atomic E-state index is -0.550. The van der Waals surface area contributed by atoms with Crippen LogP contribution in [-0.4, -0.2) is 31.5 Å². The first-order chi connectivity index (χ1) is 12.0. The lowest BCUT2D eigenvalue weighted by Gasteiger charge is -2.18. The summed E-state index contributed by atoms with van der Waals surface area (Å²) in [6, 6.07) is 11.2. The molecule has 0 saturated heterocycles. The van der Waals surface area contributed by atoms with Crippen LogP contribution >= 0.6 is 0 Å². The van der Waals surface area contributed by atoms with Gasteiger partial charge in [0.1, 0.15) is 11.8 Å². The summed E-state index contributed by atoms with van der Waals surface area (Å²) in [5, 5.41) is 7.67. The molecule has 0 aliphatic rings. The average molecular weight is 342 g/mol. The van der Waals surface area contributed by atoms with Crippen molar-refractivity contribution in [2.45, 2.75) is 39.2 Å². The number of fused-ring (bicyclic) bond motifs is 1. The Labute approximate surface area is 148 Å². The van der Waals surface area contributed by atoms with Crippen LogP contribution in [0, 0.1) is 0 Å². The van der Waals surface area contributed by atoms with Crippen molar-refractivity contribution >= 4 is 22.6 Å². The minimum Gasteiger partial charge on any atom is -0.497 e. The van der Waals surface area contributed by atoms with Crippen molar-refractivity contribution in [1.29, 1.82) is 0 Å². The van der Waals surface area contributed by atoms with E-state index in [1.54, 1.807) is 14.0 Å². The summed E-state index contributed by atoms with van der Waals surface area (Å²) in [6.07, 6.45) is 0.866. The van der Waals surface area contributed by atoms with E-state index in [-0.39, 0.29) is 17.7 Å². The van der Waals surface area contributed by atoms with Gasteiger partial charge in [-0.15, -0.1) is 0 Å². The standard InChI is InChI=1S/C20H26N2O3/c1-5-10-21-20(24)14(3)22-19(23)13(2)15-6-7-17-12-18(25-4)9-8-16(17)11-15/h6-9,11-14H,5,10H2,1-4H3,(H,21,24)(H,22,23)/t13-,14+/m0/s1. The van der Waals surface area contributed by atoms with Gasteiger partial charge in [-0.3, -0.25) is 9.59 Å². The molecule has 0 spiro atoms. The Hall–Kier alpha value is -2.56. The zero-order chi connectivity index (χ0) is 18.4. The Morgan fingerprint density at radius 1 is 1.04 bits per heavy atom. The lowest BCUT2D eigenvalue weighted by molar-refractivity contribution is -0.129. The largest absolute Gasteiger partial charge is 0.497 e. The molecule has 25 heavy (non-hydrogen) atoms. The van der Waals surface area contributed by atoms with E-state index in [0.717, 1.165) is 28.5 Å². The van der Waals surface area contributed by atoms with Crippen LogP contribution in [0.1, 0.15) is 38.7 Å². The molecule has 2 amide bonds. The van der Waals surface area contributed by atoms with Crippen molar-refractivity contribution in [1.82, 2.24) is 10.6 Å². The summed E-state index contributed by atoms with van der Waals surface area (Å²) in [4.78, 5) is 24.4. The van der Waals surface area contributed by atoms with Gasteiger partial charge < -0.3 is 15.4 Å². The van der Waals surface area contributed by atoms with Gasteiger partial charge in [-0.25, -0.2) is 0 Å². The topological polar surface area (TPSA) is 67.4 Å².